The first-order valence-corrected chi connectivity index (χ1v) is 8.89. The van der Waals surface area contributed by atoms with Crippen LogP contribution in [0.5, 0.6) is 0 Å². The average molecular weight is 428 g/mol. The van der Waals surface area contributed by atoms with Gasteiger partial charge in [-0.1, -0.05) is 5.16 Å². The molecule has 5 nitrogen and oxygen atoms in total. The number of aliphatic hydroxyl groups excluding tert-OH is 1. The Kier molecular flexibility index (Phi) is 5.21. The second-order valence-electron chi connectivity index (χ2n) is 6.40. The van der Waals surface area contributed by atoms with Crippen LogP contribution in [0.1, 0.15) is 27.4 Å². The van der Waals surface area contributed by atoms with Gasteiger partial charge in [0.25, 0.3) is 5.91 Å². The molecule has 154 valence electrons. The maximum absolute atomic E-state index is 13.0. The van der Waals surface area contributed by atoms with Gasteiger partial charge in [0, 0.05) is 18.7 Å². The number of halogens is 6. The molecule has 0 aliphatic carbocycles. The van der Waals surface area contributed by atoms with Crippen molar-refractivity contribution >= 4 is 17.2 Å². The van der Waals surface area contributed by atoms with Crippen molar-refractivity contribution in [3.63, 3.8) is 0 Å². The number of thiophene rings is 1. The molecule has 2 atom stereocenters. The van der Waals surface area contributed by atoms with E-state index in [1.54, 1.807) is 0 Å². The Hall–Kier alpha value is -2.08. The van der Waals surface area contributed by atoms with E-state index in [9.17, 15) is 36.2 Å². The molecule has 1 fully saturated rings. The van der Waals surface area contributed by atoms with Crippen LogP contribution in [-0.2, 0) is 6.18 Å². The molecule has 0 aromatic carbocycles. The maximum atomic E-state index is 13.0. The number of amides is 1. The first-order valence-electron chi connectivity index (χ1n) is 8.07. The highest BCUT2D eigenvalue weighted by atomic mass is 32.1. The first kappa shape index (κ1) is 20.6. The van der Waals surface area contributed by atoms with Crippen molar-refractivity contribution in [3.8, 4) is 10.6 Å². The van der Waals surface area contributed by atoms with Crippen molar-refractivity contribution in [1.29, 1.82) is 0 Å². The van der Waals surface area contributed by atoms with Crippen molar-refractivity contribution < 1.29 is 40.8 Å². The van der Waals surface area contributed by atoms with E-state index in [2.05, 4.69) is 9.68 Å². The molecule has 2 aromatic rings. The normalized spacial score (nSPS) is 21.2. The Bertz CT molecular complexity index is 873. The molecule has 0 spiro atoms. The largest absolute Gasteiger partial charge is 0.452 e. The summed E-state index contributed by atoms with van der Waals surface area (Å²) in [4.78, 5) is 13.8. The summed E-state index contributed by atoms with van der Waals surface area (Å²) >= 11 is 0.811. The summed E-state index contributed by atoms with van der Waals surface area (Å²) in [6, 6.07) is 2.68. The summed E-state index contributed by atoms with van der Waals surface area (Å²) in [5, 5.41) is 13.0. The maximum Gasteiger partial charge on any atom is 0.452 e. The number of hydrogen-bond donors (Lipinski definition) is 1. The predicted molar refractivity (Wildman–Crippen MR) is 85.6 cm³/mol. The fourth-order valence-electron chi connectivity index (χ4n) is 3.01. The van der Waals surface area contributed by atoms with Crippen LogP contribution >= 0.6 is 11.3 Å². The van der Waals surface area contributed by atoms with E-state index in [0.29, 0.717) is 0 Å². The molecular weight excluding hydrogens is 414 g/mol. The lowest BCUT2D eigenvalue weighted by atomic mass is 9.94. The van der Waals surface area contributed by atoms with Gasteiger partial charge in [0.15, 0.2) is 0 Å². The third-order valence-corrected chi connectivity index (χ3v) is 5.60. The molecule has 1 saturated heterocycles. The number of carbonyl (C=O) groups excluding carboxylic acids is 1. The summed E-state index contributed by atoms with van der Waals surface area (Å²) < 4.78 is 81.8. The Morgan fingerprint density at radius 1 is 1.29 bits per heavy atom. The van der Waals surface area contributed by atoms with Gasteiger partial charge in [0.05, 0.1) is 21.8 Å². The molecule has 1 amide bonds. The van der Waals surface area contributed by atoms with Crippen molar-refractivity contribution in [2.24, 2.45) is 5.92 Å². The van der Waals surface area contributed by atoms with E-state index in [0.717, 1.165) is 16.2 Å². The Balaban J connectivity index is 1.81. The highest BCUT2D eigenvalue weighted by Crippen LogP contribution is 2.39. The molecule has 0 bridgehead atoms. The number of likely N-dealkylation sites (tertiary alicyclic amines) is 1. The van der Waals surface area contributed by atoms with E-state index in [-0.39, 0.29) is 34.0 Å². The second kappa shape index (κ2) is 7.07. The molecule has 1 aliphatic rings. The number of carbonyl (C=O) groups is 1. The SMILES string of the molecule is Cc1c(-c2ccc(C(=O)N3CCC(O)C(C(F)(F)F)C3)s2)noc1C(F)(F)F. The standard InChI is InChI=1S/C16H14F6N2O3S/c1-7-12(23-27-13(7)16(20,21)22)10-2-3-11(28-10)14(26)24-5-4-9(25)8(6-24)15(17,18)19/h2-3,8-9,25H,4-6H2,1H3. The van der Waals surface area contributed by atoms with Crippen molar-refractivity contribution in [1.82, 2.24) is 10.1 Å². The van der Waals surface area contributed by atoms with E-state index >= 15 is 0 Å². The summed E-state index contributed by atoms with van der Waals surface area (Å²) in [5.41, 5.74) is -0.329. The van der Waals surface area contributed by atoms with Gasteiger partial charge < -0.3 is 14.5 Å². The Morgan fingerprint density at radius 2 is 1.96 bits per heavy atom. The Morgan fingerprint density at radius 3 is 2.54 bits per heavy atom. The van der Waals surface area contributed by atoms with Gasteiger partial charge in [-0.3, -0.25) is 4.79 Å². The minimum atomic E-state index is -4.72. The van der Waals surface area contributed by atoms with Gasteiger partial charge in [-0.15, -0.1) is 11.3 Å². The summed E-state index contributed by atoms with van der Waals surface area (Å²) in [5.74, 6) is -3.98. The summed E-state index contributed by atoms with van der Waals surface area (Å²) in [6.07, 6.45) is -11.2. The third-order valence-electron chi connectivity index (χ3n) is 4.52. The molecule has 3 rings (SSSR count). The van der Waals surface area contributed by atoms with Gasteiger partial charge in [-0.25, -0.2) is 0 Å². The number of aliphatic hydroxyl groups is 1. The van der Waals surface area contributed by atoms with Gasteiger partial charge in [-0.05, 0) is 25.5 Å². The zero-order chi connectivity index (χ0) is 20.9. The van der Waals surface area contributed by atoms with E-state index in [1.807, 2.05) is 0 Å². The topological polar surface area (TPSA) is 66.6 Å². The van der Waals surface area contributed by atoms with E-state index in [1.165, 1.54) is 19.1 Å². The second-order valence-corrected chi connectivity index (χ2v) is 7.49. The van der Waals surface area contributed by atoms with Crippen LogP contribution < -0.4 is 0 Å². The van der Waals surface area contributed by atoms with Crippen LogP contribution in [0, 0.1) is 12.8 Å². The predicted octanol–water partition coefficient (Wildman–Crippen LogP) is 4.12. The number of aromatic nitrogens is 1. The lowest BCUT2D eigenvalue weighted by Gasteiger charge is -2.36. The zero-order valence-electron chi connectivity index (χ0n) is 14.3. The molecule has 12 heteroatoms. The number of piperidine rings is 1. The summed E-state index contributed by atoms with van der Waals surface area (Å²) in [6.45, 7) is 0.439. The smallest absolute Gasteiger partial charge is 0.392 e. The highest BCUT2D eigenvalue weighted by molar-refractivity contribution is 7.17. The first-order chi connectivity index (χ1) is 12.9. The molecule has 28 heavy (non-hydrogen) atoms. The van der Waals surface area contributed by atoms with Gasteiger partial charge >= 0.3 is 12.4 Å². The molecule has 0 radical (unpaired) electrons. The van der Waals surface area contributed by atoms with Gasteiger partial charge in [0.2, 0.25) is 5.76 Å². The van der Waals surface area contributed by atoms with Gasteiger partial charge in [0.1, 0.15) is 5.69 Å². The molecular formula is C16H14F6N2O3S. The number of alkyl halides is 6. The lowest BCUT2D eigenvalue weighted by Crippen LogP contribution is -2.51. The molecule has 2 aromatic heterocycles. The highest BCUT2D eigenvalue weighted by Gasteiger charge is 2.48. The van der Waals surface area contributed by atoms with Crippen LogP contribution in [0.25, 0.3) is 10.6 Å². The van der Waals surface area contributed by atoms with Crippen LogP contribution in [0.3, 0.4) is 0 Å². The molecule has 1 N–H and O–H groups in total. The minimum Gasteiger partial charge on any atom is -0.392 e. The molecule has 2 unspecified atom stereocenters. The fourth-order valence-corrected chi connectivity index (χ4v) is 4.02. The van der Waals surface area contributed by atoms with Crippen molar-refractivity contribution in [2.75, 3.05) is 13.1 Å². The molecule has 1 aliphatic heterocycles. The van der Waals surface area contributed by atoms with E-state index < -0.39 is 42.6 Å². The van der Waals surface area contributed by atoms with Crippen molar-refractivity contribution in [3.05, 3.63) is 28.3 Å². The lowest BCUT2D eigenvalue weighted by molar-refractivity contribution is -0.210. The molecule has 0 saturated carbocycles. The monoisotopic (exact) mass is 428 g/mol. The van der Waals surface area contributed by atoms with Crippen LogP contribution in [-0.4, -0.2) is 46.4 Å². The average Bonchev–Trinajstić information content (AvgIpc) is 3.19. The molecule has 3 heterocycles. The summed E-state index contributed by atoms with van der Waals surface area (Å²) in [7, 11) is 0. The Labute approximate surface area is 158 Å². The van der Waals surface area contributed by atoms with Crippen LogP contribution in [0.4, 0.5) is 26.3 Å². The van der Waals surface area contributed by atoms with Crippen LogP contribution in [0.2, 0.25) is 0 Å². The fraction of sp³-hybridized carbons (Fsp3) is 0.500. The number of nitrogens with zero attached hydrogens (tertiary/aromatic N) is 2. The quantitative estimate of drug-likeness (QED) is 0.731. The third kappa shape index (κ3) is 3.88. The minimum absolute atomic E-state index is 0.0545. The number of rotatable bonds is 2. The van der Waals surface area contributed by atoms with Gasteiger partial charge in [-0.2, -0.15) is 26.3 Å². The number of hydrogen-bond acceptors (Lipinski definition) is 5. The van der Waals surface area contributed by atoms with E-state index in [4.69, 9.17) is 0 Å². The van der Waals surface area contributed by atoms with Crippen LogP contribution in [0.15, 0.2) is 16.7 Å². The van der Waals surface area contributed by atoms with Crippen molar-refractivity contribution in [2.45, 2.75) is 31.8 Å². The zero-order valence-corrected chi connectivity index (χ0v) is 15.1.